The summed E-state index contributed by atoms with van der Waals surface area (Å²) in [6.07, 6.45) is 0.624. The Morgan fingerprint density at radius 1 is 1.48 bits per heavy atom. The van der Waals surface area contributed by atoms with Crippen LogP contribution in [0.4, 0.5) is 4.79 Å². The number of likely N-dealkylation sites (tertiary alicyclic amines) is 1. The van der Waals surface area contributed by atoms with Crippen molar-refractivity contribution < 1.29 is 14.6 Å². The Morgan fingerprint density at radius 2 is 2.19 bits per heavy atom. The van der Waals surface area contributed by atoms with Crippen molar-refractivity contribution in [2.75, 3.05) is 6.54 Å². The van der Waals surface area contributed by atoms with Crippen molar-refractivity contribution in [3.63, 3.8) is 0 Å². The fourth-order valence-electron chi connectivity index (χ4n) is 2.58. The van der Waals surface area contributed by atoms with E-state index in [9.17, 15) is 9.90 Å². The first-order valence-electron chi connectivity index (χ1n) is 7.21. The van der Waals surface area contributed by atoms with E-state index in [1.165, 1.54) is 0 Å². The van der Waals surface area contributed by atoms with Gasteiger partial charge in [0.2, 0.25) is 0 Å². The molecular weight excluding hydrogens is 334 g/mol. The molecular formula is C16H22BrNO3. The van der Waals surface area contributed by atoms with Crippen molar-refractivity contribution in [2.45, 2.75) is 51.4 Å². The van der Waals surface area contributed by atoms with E-state index in [0.717, 1.165) is 22.9 Å². The summed E-state index contributed by atoms with van der Waals surface area (Å²) in [5, 5.41) is 10.6. The molecule has 1 fully saturated rings. The fraction of sp³-hybridized carbons (Fsp3) is 0.562. The van der Waals surface area contributed by atoms with Crippen LogP contribution in [0.5, 0.6) is 0 Å². The minimum atomic E-state index is -0.697. The molecule has 0 aromatic heterocycles. The predicted octanol–water partition coefficient (Wildman–Crippen LogP) is 3.88. The highest BCUT2D eigenvalue weighted by Gasteiger charge is 2.36. The van der Waals surface area contributed by atoms with Gasteiger partial charge in [0.25, 0.3) is 0 Å². The van der Waals surface area contributed by atoms with Gasteiger partial charge in [0.15, 0.2) is 0 Å². The summed E-state index contributed by atoms with van der Waals surface area (Å²) in [6.45, 7) is 6.17. The van der Waals surface area contributed by atoms with E-state index in [2.05, 4.69) is 15.9 Å². The molecule has 0 spiro atoms. The number of benzene rings is 1. The molecule has 1 aromatic carbocycles. The first-order chi connectivity index (χ1) is 9.78. The second-order valence-electron chi connectivity index (χ2n) is 6.38. The number of carbonyl (C=O) groups excluding carboxylic acids is 1. The number of nitrogens with zero attached hydrogens (tertiary/aromatic N) is 1. The van der Waals surface area contributed by atoms with Crippen LogP contribution in [0.15, 0.2) is 28.7 Å². The van der Waals surface area contributed by atoms with Crippen LogP contribution in [0.3, 0.4) is 0 Å². The summed E-state index contributed by atoms with van der Waals surface area (Å²) in [6, 6.07) is 7.33. The molecule has 1 aromatic rings. The molecule has 0 bridgehead atoms. The molecule has 0 saturated carbocycles. The van der Waals surface area contributed by atoms with Gasteiger partial charge < -0.3 is 14.7 Å². The lowest BCUT2D eigenvalue weighted by Gasteiger charge is -2.31. The lowest BCUT2D eigenvalue weighted by Crippen LogP contribution is -2.42. The van der Waals surface area contributed by atoms with E-state index in [0.29, 0.717) is 6.54 Å². The standard InChI is InChI=1S/C16H22BrNO3/c1-16(2,3)21-15(20)18-9-5-8-13(18)14(19)11-6-4-7-12(17)10-11/h4,6-7,10,13-14,19H,5,8-9H2,1-3H3. The van der Waals surface area contributed by atoms with Crippen molar-refractivity contribution in [3.8, 4) is 0 Å². The minimum Gasteiger partial charge on any atom is -0.444 e. The van der Waals surface area contributed by atoms with Crippen LogP contribution in [0.1, 0.15) is 45.3 Å². The second-order valence-corrected chi connectivity index (χ2v) is 7.30. The van der Waals surface area contributed by atoms with Crippen molar-refractivity contribution >= 4 is 22.0 Å². The van der Waals surface area contributed by atoms with E-state index in [4.69, 9.17) is 4.74 Å². The topological polar surface area (TPSA) is 49.8 Å². The lowest BCUT2D eigenvalue weighted by atomic mass is 10.0. The Kier molecular flexibility index (Phi) is 4.94. The Morgan fingerprint density at radius 3 is 2.81 bits per heavy atom. The number of carbonyl (C=O) groups is 1. The number of rotatable bonds is 2. The van der Waals surface area contributed by atoms with E-state index in [-0.39, 0.29) is 12.1 Å². The van der Waals surface area contributed by atoms with Crippen LogP contribution >= 0.6 is 15.9 Å². The van der Waals surface area contributed by atoms with Gasteiger partial charge >= 0.3 is 6.09 Å². The van der Waals surface area contributed by atoms with Crippen molar-refractivity contribution in [3.05, 3.63) is 34.3 Å². The molecule has 1 heterocycles. The Hall–Kier alpha value is -1.07. The van der Waals surface area contributed by atoms with Gasteiger partial charge in [-0.25, -0.2) is 4.79 Å². The highest BCUT2D eigenvalue weighted by Crippen LogP contribution is 2.31. The summed E-state index contributed by atoms with van der Waals surface area (Å²) < 4.78 is 6.35. The maximum absolute atomic E-state index is 12.3. The molecule has 1 saturated heterocycles. The molecule has 116 valence electrons. The fourth-order valence-corrected chi connectivity index (χ4v) is 3.00. The number of amides is 1. The number of ether oxygens (including phenoxy) is 1. The molecule has 5 heteroatoms. The first-order valence-corrected chi connectivity index (χ1v) is 8.00. The molecule has 2 atom stereocenters. The van der Waals surface area contributed by atoms with Crippen molar-refractivity contribution in [2.24, 2.45) is 0 Å². The Balaban J connectivity index is 2.13. The molecule has 21 heavy (non-hydrogen) atoms. The molecule has 4 nitrogen and oxygen atoms in total. The molecule has 2 unspecified atom stereocenters. The molecule has 0 radical (unpaired) electrons. The lowest BCUT2D eigenvalue weighted by molar-refractivity contribution is 0.00490. The van der Waals surface area contributed by atoms with Gasteiger partial charge in [-0.15, -0.1) is 0 Å². The van der Waals surface area contributed by atoms with Crippen LogP contribution < -0.4 is 0 Å². The molecule has 1 N–H and O–H groups in total. The summed E-state index contributed by atoms with van der Waals surface area (Å²) in [4.78, 5) is 13.9. The van der Waals surface area contributed by atoms with Gasteiger partial charge in [-0.3, -0.25) is 0 Å². The van der Waals surface area contributed by atoms with Crippen LogP contribution in [0, 0.1) is 0 Å². The van der Waals surface area contributed by atoms with E-state index in [1.807, 2.05) is 45.0 Å². The zero-order valence-electron chi connectivity index (χ0n) is 12.7. The van der Waals surface area contributed by atoms with Gasteiger partial charge in [-0.1, -0.05) is 28.1 Å². The van der Waals surface area contributed by atoms with Gasteiger partial charge in [0.1, 0.15) is 5.60 Å². The quantitative estimate of drug-likeness (QED) is 0.875. The van der Waals surface area contributed by atoms with Gasteiger partial charge in [-0.2, -0.15) is 0 Å². The molecule has 1 aliphatic rings. The molecule has 0 aliphatic carbocycles. The highest BCUT2D eigenvalue weighted by molar-refractivity contribution is 9.10. The third-order valence-corrected chi connectivity index (χ3v) is 3.98. The maximum Gasteiger partial charge on any atom is 0.410 e. The third-order valence-electron chi connectivity index (χ3n) is 3.48. The second kappa shape index (κ2) is 6.36. The average molecular weight is 356 g/mol. The number of hydrogen-bond donors (Lipinski definition) is 1. The number of aliphatic hydroxyl groups is 1. The molecule has 1 aliphatic heterocycles. The zero-order valence-corrected chi connectivity index (χ0v) is 14.3. The van der Waals surface area contributed by atoms with E-state index < -0.39 is 11.7 Å². The zero-order chi connectivity index (χ0) is 15.6. The number of aliphatic hydroxyl groups excluding tert-OH is 1. The third kappa shape index (κ3) is 4.20. The van der Waals surface area contributed by atoms with Gasteiger partial charge in [0, 0.05) is 11.0 Å². The minimum absolute atomic E-state index is 0.228. The van der Waals surface area contributed by atoms with E-state index >= 15 is 0 Å². The number of hydrogen-bond acceptors (Lipinski definition) is 3. The van der Waals surface area contributed by atoms with E-state index in [1.54, 1.807) is 4.90 Å². The average Bonchev–Trinajstić information content (AvgIpc) is 2.85. The molecule has 2 rings (SSSR count). The van der Waals surface area contributed by atoms with Crippen LogP contribution in [-0.4, -0.2) is 34.3 Å². The first kappa shape index (κ1) is 16.3. The van der Waals surface area contributed by atoms with Crippen molar-refractivity contribution in [1.29, 1.82) is 0 Å². The van der Waals surface area contributed by atoms with Gasteiger partial charge in [-0.05, 0) is 51.3 Å². The van der Waals surface area contributed by atoms with Crippen molar-refractivity contribution in [1.82, 2.24) is 4.90 Å². The molecule has 1 amide bonds. The Bertz CT molecular complexity index is 512. The number of halogens is 1. The SMILES string of the molecule is CC(C)(C)OC(=O)N1CCCC1C(O)c1cccc(Br)c1. The van der Waals surface area contributed by atoms with Crippen LogP contribution in [0.2, 0.25) is 0 Å². The summed E-state index contributed by atoms with van der Waals surface area (Å²) in [7, 11) is 0. The monoisotopic (exact) mass is 355 g/mol. The largest absolute Gasteiger partial charge is 0.444 e. The predicted molar refractivity (Wildman–Crippen MR) is 85.1 cm³/mol. The smallest absolute Gasteiger partial charge is 0.410 e. The van der Waals surface area contributed by atoms with Crippen LogP contribution in [0.25, 0.3) is 0 Å². The normalized spacial score (nSPS) is 20.4. The summed E-state index contributed by atoms with van der Waals surface area (Å²) in [5.74, 6) is 0. The Labute approximate surface area is 134 Å². The van der Waals surface area contributed by atoms with Crippen LogP contribution in [-0.2, 0) is 4.74 Å². The highest BCUT2D eigenvalue weighted by atomic mass is 79.9. The maximum atomic E-state index is 12.3. The van der Waals surface area contributed by atoms with Gasteiger partial charge in [0.05, 0.1) is 12.1 Å². The summed E-state index contributed by atoms with van der Waals surface area (Å²) >= 11 is 3.41. The summed E-state index contributed by atoms with van der Waals surface area (Å²) in [5.41, 5.74) is 0.287.